The fourth-order valence-electron chi connectivity index (χ4n) is 3.35. The van der Waals surface area contributed by atoms with Crippen molar-refractivity contribution in [3.05, 3.63) is 0 Å². The number of likely N-dealkylation sites (N-methyl/N-ethyl adjacent to an activating group) is 1. The number of hydrogen-bond donors (Lipinski definition) is 1. The van der Waals surface area contributed by atoms with Crippen molar-refractivity contribution in [3.63, 3.8) is 0 Å². The Balaban J connectivity index is 3.03. The van der Waals surface area contributed by atoms with Gasteiger partial charge in [-0.2, -0.15) is 0 Å². The normalized spacial score (nSPS) is 11.6. The maximum Gasteiger partial charge on any atom is 0.0701 e. The number of ether oxygens (including phenoxy) is 12. The Bertz CT molecular complexity index is 475. The zero-order valence-corrected chi connectivity index (χ0v) is 28.7. The molecule has 0 radical (unpaired) electrons. The van der Waals surface area contributed by atoms with Gasteiger partial charge in [0.15, 0.2) is 0 Å². The second-order valence-electron chi connectivity index (χ2n) is 9.56. The molecule has 0 aliphatic carbocycles. The molecule has 0 rings (SSSR count). The first-order valence-electron chi connectivity index (χ1n) is 16.5. The van der Waals surface area contributed by atoms with Gasteiger partial charge in [0.2, 0.25) is 0 Å². The lowest BCUT2D eigenvalue weighted by Gasteiger charge is -2.09. The standard InChI is InChI=1S/C31H64ClNO12/c1-33-7-9-35-11-13-37-15-17-39-19-21-41-23-25-43-27-29-45-31-30-44-28-26-42-24-22-40-20-18-38-16-14-36-12-10-34-8-5-3-2-4-6-32/h33H,2-31H2,1H3. The molecule has 13 nitrogen and oxygen atoms in total. The van der Waals surface area contributed by atoms with Gasteiger partial charge in [0.25, 0.3) is 0 Å². The van der Waals surface area contributed by atoms with Gasteiger partial charge in [-0.15, -0.1) is 11.6 Å². The van der Waals surface area contributed by atoms with Gasteiger partial charge >= 0.3 is 0 Å². The van der Waals surface area contributed by atoms with Crippen LogP contribution in [-0.4, -0.2) is 178 Å². The number of nitrogens with one attached hydrogen (secondary N) is 1. The van der Waals surface area contributed by atoms with E-state index in [1.807, 2.05) is 7.05 Å². The van der Waals surface area contributed by atoms with E-state index in [-0.39, 0.29) is 0 Å². The van der Waals surface area contributed by atoms with E-state index >= 15 is 0 Å². The van der Waals surface area contributed by atoms with Gasteiger partial charge in [0, 0.05) is 19.0 Å². The smallest absolute Gasteiger partial charge is 0.0701 e. The molecule has 0 saturated heterocycles. The predicted molar refractivity (Wildman–Crippen MR) is 173 cm³/mol. The Kier molecular flexibility index (Phi) is 43.5. The lowest BCUT2D eigenvalue weighted by molar-refractivity contribution is -0.0283. The molecule has 0 amide bonds. The van der Waals surface area contributed by atoms with E-state index in [4.69, 9.17) is 68.4 Å². The Labute approximate surface area is 277 Å². The highest BCUT2D eigenvalue weighted by Gasteiger charge is 1.97. The van der Waals surface area contributed by atoms with E-state index in [0.717, 1.165) is 31.9 Å². The molecule has 0 aromatic rings. The van der Waals surface area contributed by atoms with Crippen molar-refractivity contribution in [2.24, 2.45) is 0 Å². The number of hydrogen-bond acceptors (Lipinski definition) is 13. The van der Waals surface area contributed by atoms with Crippen LogP contribution in [0.3, 0.4) is 0 Å². The van der Waals surface area contributed by atoms with Crippen LogP contribution in [0.15, 0.2) is 0 Å². The van der Waals surface area contributed by atoms with Crippen LogP contribution in [0, 0.1) is 0 Å². The lowest BCUT2D eigenvalue weighted by Crippen LogP contribution is -2.17. The fourth-order valence-corrected chi connectivity index (χ4v) is 3.54. The average molecular weight is 678 g/mol. The molecule has 0 fully saturated rings. The Morgan fingerprint density at radius 2 is 0.511 bits per heavy atom. The van der Waals surface area contributed by atoms with Gasteiger partial charge in [-0.05, 0) is 19.9 Å². The molecule has 0 atom stereocenters. The molecule has 0 aromatic carbocycles. The van der Waals surface area contributed by atoms with Crippen molar-refractivity contribution < 1.29 is 56.8 Å². The van der Waals surface area contributed by atoms with Crippen molar-refractivity contribution in [1.82, 2.24) is 5.32 Å². The zero-order chi connectivity index (χ0) is 32.4. The van der Waals surface area contributed by atoms with Gasteiger partial charge in [-0.3, -0.25) is 0 Å². The quantitative estimate of drug-likeness (QED) is 0.0751. The highest BCUT2D eigenvalue weighted by molar-refractivity contribution is 6.17. The van der Waals surface area contributed by atoms with Gasteiger partial charge in [0.1, 0.15) is 0 Å². The van der Waals surface area contributed by atoms with E-state index in [9.17, 15) is 0 Å². The van der Waals surface area contributed by atoms with Crippen LogP contribution in [-0.2, 0) is 56.8 Å². The number of halogens is 1. The Hall–Kier alpha value is -0.230. The van der Waals surface area contributed by atoms with E-state index in [0.29, 0.717) is 152 Å². The zero-order valence-electron chi connectivity index (χ0n) is 28.0. The fraction of sp³-hybridized carbons (Fsp3) is 1.00. The molecule has 0 aliphatic heterocycles. The molecule has 14 heteroatoms. The summed E-state index contributed by atoms with van der Waals surface area (Å²) in [6.07, 6.45) is 4.50. The molecule has 45 heavy (non-hydrogen) atoms. The first kappa shape index (κ1) is 44.8. The van der Waals surface area contributed by atoms with Gasteiger partial charge in [-0.25, -0.2) is 0 Å². The molecule has 0 heterocycles. The molecule has 0 aliphatic rings. The summed E-state index contributed by atoms with van der Waals surface area (Å²) in [6.45, 7) is 14.2. The minimum absolute atomic E-state index is 0.516. The van der Waals surface area contributed by atoms with Crippen molar-refractivity contribution in [2.75, 3.05) is 178 Å². The predicted octanol–water partition coefficient (Wildman–Crippen LogP) is 2.20. The minimum atomic E-state index is 0.516. The molecule has 1 N–H and O–H groups in total. The Morgan fingerprint density at radius 3 is 0.756 bits per heavy atom. The third-order valence-electron chi connectivity index (χ3n) is 5.76. The maximum absolute atomic E-state index is 5.65. The topological polar surface area (TPSA) is 123 Å². The summed E-state index contributed by atoms with van der Waals surface area (Å²) in [5.74, 6) is 0.744. The highest BCUT2D eigenvalue weighted by atomic mass is 35.5. The number of rotatable bonds is 42. The molecular weight excluding hydrogens is 614 g/mol. The van der Waals surface area contributed by atoms with Crippen LogP contribution in [0.4, 0.5) is 0 Å². The monoisotopic (exact) mass is 677 g/mol. The Morgan fingerprint density at radius 1 is 0.289 bits per heavy atom. The van der Waals surface area contributed by atoms with Crippen LogP contribution < -0.4 is 5.32 Å². The summed E-state index contributed by atoms with van der Waals surface area (Å²) in [5.41, 5.74) is 0. The lowest BCUT2D eigenvalue weighted by atomic mass is 10.2. The van der Waals surface area contributed by atoms with Gasteiger partial charge < -0.3 is 62.2 Å². The van der Waals surface area contributed by atoms with Crippen molar-refractivity contribution in [1.29, 1.82) is 0 Å². The van der Waals surface area contributed by atoms with E-state index < -0.39 is 0 Å². The van der Waals surface area contributed by atoms with Crippen LogP contribution in [0.2, 0.25) is 0 Å². The SMILES string of the molecule is CNCCOCCOCCOCCOCCOCCOCCOCCOCCOCCOCCOCCOCCCCCCCl. The molecule has 0 spiro atoms. The van der Waals surface area contributed by atoms with Crippen LogP contribution >= 0.6 is 11.6 Å². The van der Waals surface area contributed by atoms with E-state index in [2.05, 4.69) is 5.32 Å². The third kappa shape index (κ3) is 43.8. The highest BCUT2D eigenvalue weighted by Crippen LogP contribution is 2.01. The second-order valence-corrected chi connectivity index (χ2v) is 9.93. The van der Waals surface area contributed by atoms with Crippen LogP contribution in [0.5, 0.6) is 0 Å². The molecule has 272 valence electrons. The minimum Gasteiger partial charge on any atom is -0.379 e. The second kappa shape index (κ2) is 43.8. The molecule has 0 unspecified atom stereocenters. The van der Waals surface area contributed by atoms with Crippen LogP contribution in [0.25, 0.3) is 0 Å². The third-order valence-corrected chi connectivity index (χ3v) is 6.03. The van der Waals surface area contributed by atoms with Crippen LogP contribution in [0.1, 0.15) is 25.7 Å². The molecular formula is C31H64ClNO12. The van der Waals surface area contributed by atoms with Crippen molar-refractivity contribution in [3.8, 4) is 0 Å². The first-order valence-corrected chi connectivity index (χ1v) is 17.1. The maximum atomic E-state index is 5.65. The summed E-state index contributed by atoms with van der Waals surface area (Å²) in [6, 6.07) is 0. The first-order chi connectivity index (χ1) is 22.4. The number of alkyl halides is 1. The summed E-state index contributed by atoms with van der Waals surface area (Å²) in [7, 11) is 1.90. The summed E-state index contributed by atoms with van der Waals surface area (Å²) in [5, 5.41) is 3.02. The largest absolute Gasteiger partial charge is 0.379 e. The number of unbranched alkanes of at least 4 members (excludes halogenated alkanes) is 3. The van der Waals surface area contributed by atoms with Gasteiger partial charge in [0.05, 0.1) is 152 Å². The van der Waals surface area contributed by atoms with E-state index in [1.165, 1.54) is 12.8 Å². The van der Waals surface area contributed by atoms with Gasteiger partial charge in [-0.1, -0.05) is 12.8 Å². The van der Waals surface area contributed by atoms with E-state index in [1.54, 1.807) is 0 Å². The van der Waals surface area contributed by atoms with Crippen molar-refractivity contribution >= 4 is 11.6 Å². The van der Waals surface area contributed by atoms with Crippen molar-refractivity contribution in [2.45, 2.75) is 25.7 Å². The molecule has 0 bridgehead atoms. The summed E-state index contributed by atoms with van der Waals surface area (Å²) in [4.78, 5) is 0. The summed E-state index contributed by atoms with van der Waals surface area (Å²) >= 11 is 5.65. The average Bonchev–Trinajstić information content (AvgIpc) is 3.05. The molecule has 0 aromatic heterocycles. The molecule has 0 saturated carbocycles. The summed E-state index contributed by atoms with van der Waals surface area (Å²) < 4.78 is 65.6.